The van der Waals surface area contributed by atoms with Crippen molar-refractivity contribution < 1.29 is 9.53 Å². The number of methoxy groups -OCH3 is 1. The van der Waals surface area contributed by atoms with Crippen LogP contribution in [0.1, 0.15) is 126 Å². The smallest absolute Gasteiger partial charge is 0.322 e. The fourth-order valence-electron chi connectivity index (χ4n) is 11.7. The van der Waals surface area contributed by atoms with Crippen molar-refractivity contribution >= 4 is 5.97 Å². The summed E-state index contributed by atoms with van der Waals surface area (Å²) in [5.41, 5.74) is 6.46. The Balaban J connectivity index is 0.000000168. The number of fused-ring (bicyclic) bond motifs is 2. The monoisotopic (exact) mass is 537 g/mol. The van der Waals surface area contributed by atoms with Gasteiger partial charge in [0.2, 0.25) is 0 Å². The van der Waals surface area contributed by atoms with Crippen molar-refractivity contribution in [2.75, 3.05) is 13.7 Å². The maximum Gasteiger partial charge on any atom is 0.322 e. The third-order valence-corrected chi connectivity index (χ3v) is 14.5. The number of allylic oxidation sites excluding steroid dienone is 2. The average molecular weight is 538 g/mol. The first kappa shape index (κ1) is 29.4. The van der Waals surface area contributed by atoms with E-state index in [1.807, 2.05) is 0 Å². The van der Waals surface area contributed by atoms with Crippen molar-refractivity contribution in [2.45, 2.75) is 132 Å². The molecule has 6 fully saturated rings. The molecule has 6 rings (SSSR count). The molecule has 1 saturated heterocycles. The minimum atomic E-state index is -0.0888. The van der Waals surface area contributed by atoms with Crippen LogP contribution in [0.2, 0.25) is 0 Å². The van der Waals surface area contributed by atoms with E-state index in [0.29, 0.717) is 49.7 Å². The lowest BCUT2D eigenvalue weighted by Crippen LogP contribution is -2.31. The second kappa shape index (κ2) is 8.95. The van der Waals surface area contributed by atoms with Crippen molar-refractivity contribution in [1.29, 1.82) is 0 Å². The van der Waals surface area contributed by atoms with Crippen molar-refractivity contribution in [1.82, 2.24) is 5.32 Å². The van der Waals surface area contributed by atoms with Crippen LogP contribution in [0, 0.1) is 49.7 Å². The third kappa shape index (κ3) is 3.66. The summed E-state index contributed by atoms with van der Waals surface area (Å²) < 4.78 is 4.84. The molecule has 5 saturated carbocycles. The Morgan fingerprint density at radius 2 is 1.31 bits per heavy atom. The molecule has 1 N–H and O–H groups in total. The molecule has 220 valence electrons. The molecule has 3 nitrogen and oxygen atoms in total. The lowest BCUT2D eigenvalue weighted by atomic mass is 9.73. The van der Waals surface area contributed by atoms with Crippen molar-refractivity contribution in [2.24, 2.45) is 49.7 Å². The van der Waals surface area contributed by atoms with Gasteiger partial charge >= 0.3 is 5.97 Å². The highest BCUT2D eigenvalue weighted by molar-refractivity contribution is 5.76. The number of esters is 1. The van der Waals surface area contributed by atoms with Gasteiger partial charge in [-0.3, -0.25) is 4.79 Å². The van der Waals surface area contributed by atoms with Gasteiger partial charge in [0, 0.05) is 6.54 Å². The third-order valence-electron chi connectivity index (χ3n) is 14.5. The van der Waals surface area contributed by atoms with Gasteiger partial charge in [0.15, 0.2) is 0 Å². The SMILES string of the molecule is C=C(CC(C)(C)C)C1C[C@]2(C[C@H]1C(=C)CC)C(C)(C)C21CCC1.COC(=O)[C@@H]1C[C@@]2(CN1)C(C)(C)C21CCC1. The Hall–Kier alpha value is -1.09. The topological polar surface area (TPSA) is 38.3 Å². The predicted molar refractivity (Wildman–Crippen MR) is 162 cm³/mol. The Morgan fingerprint density at radius 1 is 0.821 bits per heavy atom. The fourth-order valence-corrected chi connectivity index (χ4v) is 11.7. The van der Waals surface area contributed by atoms with Gasteiger partial charge in [-0.05, 0) is 108 Å². The van der Waals surface area contributed by atoms with E-state index < -0.39 is 0 Å². The van der Waals surface area contributed by atoms with Crippen LogP contribution in [0.4, 0.5) is 0 Å². The van der Waals surface area contributed by atoms with Crippen LogP contribution in [0.3, 0.4) is 0 Å². The van der Waals surface area contributed by atoms with E-state index in [9.17, 15) is 4.79 Å². The maximum atomic E-state index is 11.6. The average Bonchev–Trinajstić information content (AvgIpc) is 3.20. The highest BCUT2D eigenvalue weighted by Gasteiger charge is 2.85. The molecule has 0 aromatic rings. The predicted octanol–water partition coefficient (Wildman–Crippen LogP) is 8.89. The molecule has 1 unspecified atom stereocenters. The molecule has 0 radical (unpaired) electrons. The fraction of sp³-hybridized carbons (Fsp3) is 0.861. The van der Waals surface area contributed by atoms with Crippen LogP contribution in [-0.4, -0.2) is 25.7 Å². The zero-order valence-corrected chi connectivity index (χ0v) is 26.9. The van der Waals surface area contributed by atoms with E-state index in [4.69, 9.17) is 4.74 Å². The van der Waals surface area contributed by atoms with Gasteiger partial charge < -0.3 is 10.1 Å². The van der Waals surface area contributed by atoms with E-state index in [1.165, 1.54) is 69.6 Å². The normalized spacial score (nSPS) is 39.1. The lowest BCUT2D eigenvalue weighted by molar-refractivity contribution is -0.142. The summed E-state index contributed by atoms with van der Waals surface area (Å²) in [5, 5.41) is 3.36. The molecular weight excluding hydrogens is 478 g/mol. The molecule has 0 aromatic heterocycles. The minimum Gasteiger partial charge on any atom is -0.468 e. The van der Waals surface area contributed by atoms with E-state index >= 15 is 0 Å². The molecule has 6 aliphatic rings. The van der Waals surface area contributed by atoms with Crippen LogP contribution >= 0.6 is 0 Å². The van der Waals surface area contributed by atoms with Crippen molar-refractivity contribution in [3.8, 4) is 0 Å². The van der Waals surface area contributed by atoms with E-state index in [1.54, 1.807) is 0 Å². The maximum absolute atomic E-state index is 11.6. The number of rotatable bonds is 5. The van der Waals surface area contributed by atoms with Gasteiger partial charge in [0.25, 0.3) is 0 Å². The number of hydrogen-bond donors (Lipinski definition) is 1. The summed E-state index contributed by atoms with van der Waals surface area (Å²) in [6.07, 6.45) is 14.5. The zero-order chi connectivity index (χ0) is 28.9. The van der Waals surface area contributed by atoms with E-state index in [2.05, 4.69) is 73.9 Å². The molecule has 3 heteroatoms. The number of hydrogen-bond acceptors (Lipinski definition) is 3. The molecule has 1 aliphatic heterocycles. The van der Waals surface area contributed by atoms with Crippen LogP contribution in [0.5, 0.6) is 0 Å². The molecule has 5 aliphatic carbocycles. The zero-order valence-electron chi connectivity index (χ0n) is 26.9. The molecule has 39 heavy (non-hydrogen) atoms. The largest absolute Gasteiger partial charge is 0.468 e. The second-order valence-electron chi connectivity index (χ2n) is 17.0. The van der Waals surface area contributed by atoms with Crippen LogP contribution in [0.25, 0.3) is 0 Å². The number of carbonyl (C=O) groups excluding carboxylic acids is 1. The standard InChI is InChI=1S/C23H38.C13H21NO2/c1-9-16(2)18-14-23(21(7,8)22(23)11-10-12-22)15-19(18)17(3)13-20(4,5)6;1-11(2)12(5-4-6-12)13(11)7-9(14-8-13)10(15)16-3/h18-19H,2-3,9-15H2,1,4-8H3;9,14H,4-8H2,1-3H3/t18-,19?,23+;9-,13+/m00/s1. The van der Waals surface area contributed by atoms with Gasteiger partial charge in [-0.25, -0.2) is 0 Å². The van der Waals surface area contributed by atoms with Crippen LogP contribution < -0.4 is 5.32 Å². The second-order valence-corrected chi connectivity index (χ2v) is 17.0. The first-order chi connectivity index (χ1) is 18.0. The summed E-state index contributed by atoms with van der Waals surface area (Å²) in [6, 6.07) is -0.0655. The Kier molecular flexibility index (Phi) is 6.75. The summed E-state index contributed by atoms with van der Waals surface area (Å²) in [5.74, 6) is 1.28. The molecule has 5 atom stereocenters. The number of ether oxygens (including phenoxy) is 1. The van der Waals surface area contributed by atoms with Gasteiger partial charge in [0.1, 0.15) is 6.04 Å². The Bertz CT molecular complexity index is 1030. The lowest BCUT2D eigenvalue weighted by Gasteiger charge is -2.32. The molecule has 0 bridgehead atoms. The van der Waals surface area contributed by atoms with E-state index in [-0.39, 0.29) is 12.0 Å². The van der Waals surface area contributed by atoms with E-state index in [0.717, 1.165) is 25.8 Å². The summed E-state index contributed by atoms with van der Waals surface area (Å²) in [4.78, 5) is 11.6. The molecule has 0 amide bonds. The molecule has 4 spiro atoms. The first-order valence-electron chi connectivity index (χ1n) is 16.2. The summed E-state index contributed by atoms with van der Waals surface area (Å²) in [6.45, 7) is 29.3. The van der Waals surface area contributed by atoms with Crippen molar-refractivity contribution in [3.63, 3.8) is 0 Å². The number of nitrogens with one attached hydrogen (secondary N) is 1. The first-order valence-corrected chi connectivity index (χ1v) is 16.2. The van der Waals surface area contributed by atoms with Gasteiger partial charge in [-0.15, -0.1) is 0 Å². The molecular formula is C36H59NO2. The van der Waals surface area contributed by atoms with Gasteiger partial charge in [-0.1, -0.05) is 92.5 Å². The van der Waals surface area contributed by atoms with Crippen LogP contribution in [-0.2, 0) is 9.53 Å². The molecule has 1 heterocycles. The van der Waals surface area contributed by atoms with Gasteiger partial charge in [0.05, 0.1) is 7.11 Å². The molecule has 0 aromatic carbocycles. The van der Waals surface area contributed by atoms with Crippen molar-refractivity contribution in [3.05, 3.63) is 24.3 Å². The highest BCUT2D eigenvalue weighted by Crippen LogP contribution is 2.91. The minimum absolute atomic E-state index is 0.0655. The summed E-state index contributed by atoms with van der Waals surface area (Å²) >= 11 is 0. The van der Waals surface area contributed by atoms with Gasteiger partial charge in [-0.2, -0.15) is 0 Å². The Morgan fingerprint density at radius 3 is 1.69 bits per heavy atom. The Labute approximate surface area is 240 Å². The highest BCUT2D eigenvalue weighted by atomic mass is 16.5. The summed E-state index contributed by atoms with van der Waals surface area (Å²) in [7, 11) is 1.48. The number of carbonyl (C=O) groups is 1. The van der Waals surface area contributed by atoms with Crippen LogP contribution in [0.15, 0.2) is 24.3 Å². The quantitative estimate of drug-likeness (QED) is 0.281.